The predicted molar refractivity (Wildman–Crippen MR) is 78.1 cm³/mol. The number of rotatable bonds is 7. The molecule has 1 aromatic carbocycles. The quantitative estimate of drug-likeness (QED) is 0.615. The van der Waals surface area contributed by atoms with Crippen molar-refractivity contribution in [1.29, 1.82) is 5.26 Å². The van der Waals surface area contributed by atoms with Crippen molar-refractivity contribution in [2.75, 3.05) is 13.2 Å². The number of ether oxygens (including phenoxy) is 1. The van der Waals surface area contributed by atoms with Gasteiger partial charge < -0.3 is 4.74 Å². The van der Waals surface area contributed by atoms with Crippen molar-refractivity contribution in [3.8, 4) is 11.8 Å². The topological polar surface area (TPSA) is 88.2 Å². The van der Waals surface area contributed by atoms with Crippen molar-refractivity contribution in [2.24, 2.45) is 5.92 Å². The summed E-state index contributed by atoms with van der Waals surface area (Å²) < 4.78 is 5.64. The van der Waals surface area contributed by atoms with Crippen LogP contribution in [0.4, 0.5) is 5.69 Å². The zero-order chi connectivity index (χ0) is 15.5. The summed E-state index contributed by atoms with van der Waals surface area (Å²) in [5, 5.41) is 23.8. The lowest BCUT2D eigenvalue weighted by molar-refractivity contribution is -0.386. The third-order valence-corrected chi connectivity index (χ3v) is 3.73. The van der Waals surface area contributed by atoms with Gasteiger partial charge in [-0.1, -0.05) is 13.0 Å². The van der Waals surface area contributed by atoms with Gasteiger partial charge >= 0.3 is 5.69 Å². The van der Waals surface area contributed by atoms with E-state index in [0.717, 1.165) is 18.4 Å². The van der Waals surface area contributed by atoms with E-state index >= 15 is 0 Å². The first kappa shape index (κ1) is 15.3. The highest BCUT2D eigenvalue weighted by atomic mass is 16.6. The van der Waals surface area contributed by atoms with E-state index in [4.69, 9.17) is 4.74 Å². The monoisotopic (exact) mass is 289 g/mol. The van der Waals surface area contributed by atoms with E-state index in [9.17, 15) is 15.4 Å². The van der Waals surface area contributed by atoms with Crippen molar-refractivity contribution < 1.29 is 9.66 Å². The second-order valence-electron chi connectivity index (χ2n) is 5.40. The SMILES string of the molecule is CCNC(C#N)(COc1ccc(C)cc1[N+](=O)[O-])C1CC1. The molecule has 1 aliphatic carbocycles. The van der Waals surface area contributed by atoms with E-state index in [2.05, 4.69) is 11.4 Å². The molecule has 21 heavy (non-hydrogen) atoms. The van der Waals surface area contributed by atoms with E-state index in [0.29, 0.717) is 6.54 Å². The first-order valence-electron chi connectivity index (χ1n) is 7.06. The first-order chi connectivity index (χ1) is 10.0. The molecule has 1 aliphatic rings. The molecule has 6 nitrogen and oxygen atoms in total. The van der Waals surface area contributed by atoms with Crippen molar-refractivity contribution >= 4 is 5.69 Å². The fourth-order valence-corrected chi connectivity index (χ4v) is 2.45. The third kappa shape index (κ3) is 3.31. The Labute approximate surface area is 123 Å². The molecular formula is C15H19N3O3. The second-order valence-corrected chi connectivity index (χ2v) is 5.40. The molecule has 0 radical (unpaired) electrons. The summed E-state index contributed by atoms with van der Waals surface area (Å²) in [5.74, 6) is 0.468. The molecule has 1 saturated carbocycles. The Bertz CT molecular complexity index is 578. The number of nitro benzene ring substituents is 1. The maximum atomic E-state index is 11.1. The van der Waals surface area contributed by atoms with Gasteiger partial charge in [0.2, 0.25) is 0 Å². The van der Waals surface area contributed by atoms with Crippen LogP contribution in [0.25, 0.3) is 0 Å². The number of hydrogen-bond acceptors (Lipinski definition) is 5. The van der Waals surface area contributed by atoms with Crippen LogP contribution in [0.5, 0.6) is 5.75 Å². The summed E-state index contributed by atoms with van der Waals surface area (Å²) in [4.78, 5) is 10.6. The molecule has 0 aromatic heterocycles. The van der Waals surface area contributed by atoms with Crippen molar-refractivity contribution in [2.45, 2.75) is 32.2 Å². The molecule has 1 unspecified atom stereocenters. The number of hydrogen-bond donors (Lipinski definition) is 1. The van der Waals surface area contributed by atoms with Crippen LogP contribution in [0.3, 0.4) is 0 Å². The Hall–Kier alpha value is -2.13. The number of nitro groups is 1. The summed E-state index contributed by atoms with van der Waals surface area (Å²) >= 11 is 0. The Kier molecular flexibility index (Phi) is 4.43. The smallest absolute Gasteiger partial charge is 0.311 e. The van der Waals surface area contributed by atoms with Crippen LogP contribution in [-0.2, 0) is 0 Å². The van der Waals surface area contributed by atoms with Gasteiger partial charge in [0.05, 0.1) is 11.0 Å². The number of aryl methyl sites for hydroxylation is 1. The molecule has 0 bridgehead atoms. The fourth-order valence-electron chi connectivity index (χ4n) is 2.45. The number of nitrogens with zero attached hydrogens (tertiary/aromatic N) is 2. The van der Waals surface area contributed by atoms with Crippen LogP contribution >= 0.6 is 0 Å². The molecule has 1 aromatic rings. The van der Waals surface area contributed by atoms with Crippen molar-refractivity contribution in [3.05, 3.63) is 33.9 Å². The molecule has 1 fully saturated rings. The summed E-state index contributed by atoms with van der Waals surface area (Å²) in [6, 6.07) is 7.14. The van der Waals surface area contributed by atoms with E-state index in [1.807, 2.05) is 6.92 Å². The number of benzene rings is 1. The zero-order valence-corrected chi connectivity index (χ0v) is 12.3. The van der Waals surface area contributed by atoms with Gasteiger partial charge in [-0.05, 0) is 43.9 Å². The molecule has 1 N–H and O–H groups in total. The summed E-state index contributed by atoms with van der Waals surface area (Å²) in [5.41, 5.74) is -0.0170. The van der Waals surface area contributed by atoms with Gasteiger partial charge in [-0.15, -0.1) is 0 Å². The number of likely N-dealkylation sites (N-methyl/N-ethyl adjacent to an activating group) is 1. The average Bonchev–Trinajstić information content (AvgIpc) is 3.29. The largest absolute Gasteiger partial charge is 0.484 e. The lowest BCUT2D eigenvalue weighted by atomic mass is 9.96. The van der Waals surface area contributed by atoms with Gasteiger partial charge in [0.1, 0.15) is 12.1 Å². The number of nitrogens with one attached hydrogen (secondary N) is 1. The van der Waals surface area contributed by atoms with Crippen LogP contribution in [0.15, 0.2) is 18.2 Å². The molecule has 0 aliphatic heterocycles. The minimum Gasteiger partial charge on any atom is -0.484 e. The summed E-state index contributed by atoms with van der Waals surface area (Å²) in [7, 11) is 0. The molecule has 0 spiro atoms. The van der Waals surface area contributed by atoms with E-state index in [1.54, 1.807) is 19.1 Å². The Morgan fingerprint density at radius 1 is 1.57 bits per heavy atom. The molecule has 6 heteroatoms. The standard InChI is InChI=1S/C15H19N3O3/c1-3-17-15(9-16,12-5-6-12)10-21-14-7-4-11(2)8-13(14)18(19)20/h4,7-8,12,17H,3,5-6,10H2,1-2H3. The molecule has 1 atom stereocenters. The maximum Gasteiger partial charge on any atom is 0.311 e. The van der Waals surface area contributed by atoms with Gasteiger partial charge in [-0.25, -0.2) is 0 Å². The lowest BCUT2D eigenvalue weighted by Gasteiger charge is -2.27. The van der Waals surface area contributed by atoms with Crippen LogP contribution < -0.4 is 10.1 Å². The van der Waals surface area contributed by atoms with Gasteiger partial charge in [0.25, 0.3) is 0 Å². The minimum absolute atomic E-state index is 0.0610. The summed E-state index contributed by atoms with van der Waals surface area (Å²) in [6.45, 7) is 4.50. The number of nitriles is 1. The van der Waals surface area contributed by atoms with Gasteiger partial charge in [0, 0.05) is 6.07 Å². The minimum atomic E-state index is -0.756. The fraction of sp³-hybridized carbons (Fsp3) is 0.533. The van der Waals surface area contributed by atoms with E-state index in [-0.39, 0.29) is 24.0 Å². The third-order valence-electron chi connectivity index (χ3n) is 3.73. The van der Waals surface area contributed by atoms with Crippen LogP contribution in [0.1, 0.15) is 25.3 Å². The Morgan fingerprint density at radius 2 is 2.29 bits per heavy atom. The Balaban J connectivity index is 2.18. The lowest BCUT2D eigenvalue weighted by Crippen LogP contribution is -2.50. The van der Waals surface area contributed by atoms with Gasteiger partial charge in [-0.3, -0.25) is 15.4 Å². The molecular weight excluding hydrogens is 270 g/mol. The zero-order valence-electron chi connectivity index (χ0n) is 12.3. The second kappa shape index (κ2) is 6.10. The normalized spacial score (nSPS) is 16.8. The van der Waals surface area contributed by atoms with Gasteiger partial charge in [0.15, 0.2) is 5.75 Å². The van der Waals surface area contributed by atoms with Crippen molar-refractivity contribution in [3.63, 3.8) is 0 Å². The van der Waals surface area contributed by atoms with E-state index < -0.39 is 10.5 Å². The van der Waals surface area contributed by atoms with Crippen LogP contribution in [0, 0.1) is 34.3 Å². The van der Waals surface area contributed by atoms with E-state index in [1.165, 1.54) is 6.07 Å². The molecule has 2 rings (SSSR count). The molecule has 0 heterocycles. The molecule has 0 saturated heterocycles. The first-order valence-corrected chi connectivity index (χ1v) is 7.06. The van der Waals surface area contributed by atoms with Crippen LogP contribution in [-0.4, -0.2) is 23.6 Å². The highest BCUT2D eigenvalue weighted by molar-refractivity contribution is 5.48. The molecule has 0 amide bonds. The van der Waals surface area contributed by atoms with Crippen molar-refractivity contribution in [1.82, 2.24) is 5.32 Å². The summed E-state index contributed by atoms with van der Waals surface area (Å²) in [6.07, 6.45) is 1.97. The Morgan fingerprint density at radius 3 is 2.81 bits per heavy atom. The average molecular weight is 289 g/mol. The maximum absolute atomic E-state index is 11.1. The molecule has 112 valence electrons. The predicted octanol–water partition coefficient (Wildman–Crippen LogP) is 2.56. The highest BCUT2D eigenvalue weighted by Gasteiger charge is 2.46. The highest BCUT2D eigenvalue weighted by Crippen LogP contribution is 2.40. The van der Waals surface area contributed by atoms with Gasteiger partial charge in [-0.2, -0.15) is 5.26 Å². The van der Waals surface area contributed by atoms with Crippen LogP contribution in [0.2, 0.25) is 0 Å².